The number of ether oxygens (including phenoxy) is 4. The molecule has 0 saturated carbocycles. The highest BCUT2D eigenvalue weighted by Gasteiger charge is 2.36. The Kier molecular flexibility index (Phi) is 33.1. The summed E-state index contributed by atoms with van der Waals surface area (Å²) in [4.78, 5) is 74.7. The van der Waals surface area contributed by atoms with Crippen LogP contribution in [0.25, 0.3) is 22.5 Å². The summed E-state index contributed by atoms with van der Waals surface area (Å²) in [6, 6.07) is 35.1. The molecule has 2 atom stereocenters. The maximum Gasteiger partial charge on any atom is 0.407 e. The molecular weight excluding hydrogens is 1430 g/mol. The van der Waals surface area contributed by atoms with Gasteiger partial charge in [0.05, 0.1) is 12.1 Å². The van der Waals surface area contributed by atoms with Crippen molar-refractivity contribution in [3.8, 4) is 45.5 Å². The first-order valence-electron chi connectivity index (χ1n) is 37.2. The average Bonchev–Trinajstić information content (AvgIpc) is 1.62. The molecule has 0 spiro atoms. The normalized spacial score (nSPS) is 17.9. The van der Waals surface area contributed by atoms with Crippen LogP contribution in [0.4, 0.5) is 16.4 Å². The fourth-order valence-electron chi connectivity index (χ4n) is 13.5. The summed E-state index contributed by atoms with van der Waals surface area (Å²) in [6.07, 6.45) is 12.9. The van der Waals surface area contributed by atoms with Crippen molar-refractivity contribution in [2.75, 3.05) is 134 Å². The molecule has 6 aromatic rings. The van der Waals surface area contributed by atoms with E-state index in [1.807, 2.05) is 160 Å². The molecule has 0 aliphatic carbocycles. The van der Waals surface area contributed by atoms with Gasteiger partial charge in [0.25, 0.3) is 11.8 Å². The smallest absolute Gasteiger partial charge is 0.407 e. The lowest BCUT2D eigenvalue weighted by atomic mass is 9.87. The van der Waals surface area contributed by atoms with E-state index in [9.17, 15) is 28.8 Å². The van der Waals surface area contributed by atoms with Gasteiger partial charge in [-0.25, -0.2) is 23.7 Å². The highest BCUT2D eigenvalue weighted by Crippen LogP contribution is 2.42. The van der Waals surface area contributed by atoms with Crippen LogP contribution in [0.5, 0.6) is 23.0 Å². The second kappa shape index (κ2) is 42.4. The number of carboxylic acids is 2. The van der Waals surface area contributed by atoms with Crippen LogP contribution in [0.3, 0.4) is 0 Å². The van der Waals surface area contributed by atoms with E-state index in [1.54, 1.807) is 6.08 Å². The summed E-state index contributed by atoms with van der Waals surface area (Å²) in [5, 5.41) is 46.6. The van der Waals surface area contributed by atoms with Gasteiger partial charge in [-0.05, 0) is 204 Å². The van der Waals surface area contributed by atoms with Crippen LogP contribution in [0.1, 0.15) is 126 Å². The van der Waals surface area contributed by atoms with Gasteiger partial charge < -0.3 is 77.4 Å². The first-order valence-corrected chi connectivity index (χ1v) is 38.4. The molecule has 4 aromatic carbocycles. The Hall–Kier alpha value is -9.16. The van der Waals surface area contributed by atoms with Gasteiger partial charge in [-0.2, -0.15) is 10.2 Å². The number of hydrogen-bond acceptors (Lipinski definition) is 20. The summed E-state index contributed by atoms with van der Waals surface area (Å²) in [7, 11) is 0. The first-order chi connectivity index (χ1) is 51.4. The van der Waals surface area contributed by atoms with Crippen LogP contribution in [0.2, 0.25) is 0 Å². The molecule has 0 bridgehead atoms. The van der Waals surface area contributed by atoms with Crippen molar-refractivity contribution in [1.82, 2.24) is 55.5 Å². The molecule has 12 N–H and O–H groups in total. The van der Waals surface area contributed by atoms with Gasteiger partial charge in [0.1, 0.15) is 68.4 Å². The van der Waals surface area contributed by atoms with Gasteiger partial charge in [-0.15, -0.1) is 0 Å². The van der Waals surface area contributed by atoms with Gasteiger partial charge in [-0.3, -0.25) is 24.2 Å². The number of primary amides is 2. The number of rotatable bonds is 22. The van der Waals surface area contributed by atoms with Crippen molar-refractivity contribution in [2.24, 2.45) is 23.3 Å². The lowest BCUT2D eigenvalue weighted by molar-refractivity contribution is -0.155. The highest BCUT2D eigenvalue weighted by molar-refractivity contribution is 9.09. The number of halogens is 1. The number of benzene rings is 4. The number of aromatic nitrogens is 4. The maximum atomic E-state index is 12.4. The second-order valence-corrected chi connectivity index (χ2v) is 29.5. The Morgan fingerprint density at radius 3 is 1.35 bits per heavy atom. The molecule has 28 heteroatoms. The van der Waals surface area contributed by atoms with Crippen LogP contribution in [-0.4, -0.2) is 215 Å². The van der Waals surface area contributed by atoms with Crippen LogP contribution in [0.15, 0.2) is 133 Å². The molecule has 580 valence electrons. The van der Waals surface area contributed by atoms with Gasteiger partial charge in [0, 0.05) is 120 Å². The van der Waals surface area contributed by atoms with Gasteiger partial charge in [0.2, 0.25) is 0 Å². The summed E-state index contributed by atoms with van der Waals surface area (Å²) in [5.41, 5.74) is 14.7. The van der Waals surface area contributed by atoms with E-state index in [1.165, 1.54) is 12.2 Å². The summed E-state index contributed by atoms with van der Waals surface area (Å²) in [5.74, 6) is 2.76. The van der Waals surface area contributed by atoms with Crippen molar-refractivity contribution >= 4 is 63.4 Å². The number of aliphatic carboxylic acids is 2. The number of alkyl carbamates (subject to hydrolysis) is 1. The van der Waals surface area contributed by atoms with E-state index in [-0.39, 0.29) is 24.1 Å². The molecular formula is C79H110BrN15O12. The molecule has 1 unspecified atom stereocenters. The van der Waals surface area contributed by atoms with E-state index in [4.69, 9.17) is 50.8 Å². The Bertz CT molecular complexity index is 3640. The van der Waals surface area contributed by atoms with E-state index >= 15 is 0 Å². The number of carbonyl (C=O) groups is 6. The number of piperazine rings is 2. The molecule has 6 aliphatic rings. The number of nitrogens with zero attached hydrogens (tertiary/aromatic N) is 7. The number of para-hydroxylation sites is 2. The topological polar surface area (TPSA) is 349 Å². The molecule has 0 radical (unpaired) electrons. The number of alkyl halides is 1. The van der Waals surface area contributed by atoms with Crippen molar-refractivity contribution in [3.63, 3.8) is 0 Å². The number of carboxylic acid groups (broad SMARTS) is 2. The van der Waals surface area contributed by atoms with Crippen molar-refractivity contribution in [1.29, 1.82) is 0 Å². The molecule has 107 heavy (non-hydrogen) atoms. The summed E-state index contributed by atoms with van der Waals surface area (Å²) < 4.78 is 26.2. The minimum absolute atomic E-state index is 0.134. The van der Waals surface area contributed by atoms with Gasteiger partial charge in [0.15, 0.2) is 0 Å². The van der Waals surface area contributed by atoms with Crippen LogP contribution >= 0.6 is 15.9 Å². The standard InChI is InChI=1S/2C24H27N5O2.C16H28N2O4.C11H23N3O2.C4H5BrO2/c2*25-23(30)21-22(17-6-8-19(9-7-17)31-18-4-2-1-3-5-18)28-29-20(12-15-27-24(21)29)16-10-13-26-14-11-16;1-16(2,3)22-15(21)7-5-9-18-12-10-17(11-13-18)8-4-6-14(19)20;1-11(2,3)16-10(15)13-6-9-14-7-4-12-5-8-14;5-3-1-2-4(6)7/h2*1-9,16,20,26-27H,10-15H2,(H2,25,30);4,6H,5,7-13H2,1-3H3,(H,19,20);12H,4-9H2,1-3H3,(H,13,15);1-2H,3H2,(H,6,7)/b;;6-4+;;2-1+/t20-;;;;/m0..../s1. The van der Waals surface area contributed by atoms with Crippen LogP contribution in [-0.2, 0) is 23.9 Å². The molecule has 8 heterocycles. The number of nitrogens with two attached hydrogens (primary N) is 2. The predicted molar refractivity (Wildman–Crippen MR) is 420 cm³/mol. The molecule has 12 rings (SSSR count). The number of hydrogen-bond donors (Lipinski definition) is 10. The average molecular weight is 1540 g/mol. The van der Waals surface area contributed by atoms with E-state index in [0.717, 1.165) is 201 Å². The zero-order chi connectivity index (χ0) is 76.7. The van der Waals surface area contributed by atoms with E-state index in [2.05, 4.69) is 62.5 Å². The molecule has 3 amide bonds. The third kappa shape index (κ3) is 27.9. The molecule has 4 fully saturated rings. The lowest BCUT2D eigenvalue weighted by Gasteiger charge is -2.34. The number of piperidine rings is 2. The maximum absolute atomic E-state index is 12.4. The minimum Gasteiger partial charge on any atom is -0.478 e. The van der Waals surface area contributed by atoms with E-state index < -0.39 is 35.0 Å². The monoisotopic (exact) mass is 1540 g/mol. The van der Waals surface area contributed by atoms with Crippen molar-refractivity contribution in [2.45, 2.75) is 116 Å². The van der Waals surface area contributed by atoms with E-state index in [0.29, 0.717) is 59.2 Å². The number of esters is 1. The number of carbonyl (C=O) groups excluding carboxylic acids is 4. The molecule has 6 aliphatic heterocycles. The fraction of sp³-hybridized carbons (Fsp3) is 0.494. The number of anilines is 2. The zero-order valence-electron chi connectivity index (χ0n) is 62.7. The largest absolute Gasteiger partial charge is 0.478 e. The Morgan fingerprint density at radius 2 is 0.935 bits per heavy atom. The molecule has 2 aromatic heterocycles. The zero-order valence-corrected chi connectivity index (χ0v) is 64.3. The Morgan fingerprint density at radius 1 is 0.523 bits per heavy atom. The Balaban J connectivity index is 0.000000179. The van der Waals surface area contributed by atoms with Crippen molar-refractivity contribution in [3.05, 3.63) is 145 Å². The Labute approximate surface area is 637 Å². The molecule has 27 nitrogen and oxygen atoms in total. The summed E-state index contributed by atoms with van der Waals surface area (Å²) >= 11 is 3.03. The predicted octanol–water partition coefficient (Wildman–Crippen LogP) is 10.4. The van der Waals surface area contributed by atoms with Gasteiger partial charge in [-0.1, -0.05) is 64.5 Å². The third-order valence-corrected chi connectivity index (χ3v) is 18.9. The second-order valence-electron chi connectivity index (χ2n) is 28.9. The van der Waals surface area contributed by atoms with Crippen LogP contribution in [0, 0.1) is 11.8 Å². The summed E-state index contributed by atoms with van der Waals surface area (Å²) in [6.45, 7) is 28.0. The SMILES string of the molecule is CC(C)(C)OC(=O)CCCN1CCN(C/C=C/C(=O)O)CC1.CC(C)(C)OC(=O)NCCN1CCNCC1.NC(=O)c1c(-c2ccc(Oc3ccccc3)cc2)nn2c1NCCC2C1CCNCC1.NC(=O)c1c(-c2ccc(Oc3ccccc3)cc2)nn2c1NCC[C@H]2C1CCNCC1.O=C(O)/C=C/CBr. The number of fused-ring (bicyclic) bond motifs is 2. The van der Waals surface area contributed by atoms with Crippen LogP contribution < -0.4 is 52.8 Å². The quantitative estimate of drug-likeness (QED) is 0.0171. The van der Waals surface area contributed by atoms with Crippen molar-refractivity contribution < 1.29 is 57.9 Å². The third-order valence-electron chi connectivity index (χ3n) is 18.5. The fourth-order valence-corrected chi connectivity index (χ4v) is 13.7. The highest BCUT2D eigenvalue weighted by atomic mass is 79.9. The number of allylic oxidation sites excluding steroid dienone is 1. The first kappa shape index (κ1) is 83.5. The number of nitrogens with one attached hydrogen (secondary N) is 6. The minimum atomic E-state index is -0.903. The number of amides is 3. The van der Waals surface area contributed by atoms with Gasteiger partial charge >= 0.3 is 24.0 Å². The molecule has 4 saturated heterocycles. The lowest BCUT2D eigenvalue weighted by Crippen LogP contribution is -2.46.